The van der Waals surface area contributed by atoms with Crippen LogP contribution < -0.4 is 15.5 Å². The van der Waals surface area contributed by atoms with Crippen molar-refractivity contribution in [3.8, 4) is 0 Å². The van der Waals surface area contributed by atoms with E-state index in [9.17, 15) is 9.59 Å². The summed E-state index contributed by atoms with van der Waals surface area (Å²) < 4.78 is 0. The molecule has 146 valence electrons. The van der Waals surface area contributed by atoms with Gasteiger partial charge in [0, 0.05) is 40.6 Å². The number of rotatable bonds is 2. The minimum absolute atomic E-state index is 0.0103. The summed E-state index contributed by atoms with van der Waals surface area (Å²) in [5.41, 5.74) is 1.49. The van der Waals surface area contributed by atoms with Crippen molar-refractivity contribution >= 4 is 40.0 Å². The summed E-state index contributed by atoms with van der Waals surface area (Å²) in [4.78, 5) is 31.7. The number of halogens is 1. The average Bonchev–Trinajstić information content (AvgIpc) is 2.74. The number of nitrogens with one attached hydrogen (secondary N) is 2. The smallest absolute Gasteiger partial charge is 0.329 e. The summed E-state index contributed by atoms with van der Waals surface area (Å²) >= 11 is 6.34. The van der Waals surface area contributed by atoms with Crippen LogP contribution in [0.15, 0.2) is 60.9 Å². The Morgan fingerprint density at radius 2 is 1.83 bits per heavy atom. The number of amides is 3. The molecule has 2 fully saturated rings. The molecule has 0 saturated carbocycles. The molecule has 0 aliphatic carbocycles. The summed E-state index contributed by atoms with van der Waals surface area (Å²) in [6.45, 7) is 0.467. The maximum atomic E-state index is 13.3. The SMILES string of the molecule is O=C1NC2CC(c3ccccc3Cl)NCC2C(=O)N1c1cncc2ccccc12. The van der Waals surface area contributed by atoms with Crippen LogP contribution in [-0.4, -0.2) is 29.5 Å². The molecule has 0 spiro atoms. The third-order valence-corrected chi connectivity index (χ3v) is 6.12. The summed E-state index contributed by atoms with van der Waals surface area (Å²) in [5.74, 6) is -0.549. The quantitative estimate of drug-likeness (QED) is 0.681. The van der Waals surface area contributed by atoms with Crippen LogP contribution in [0.3, 0.4) is 0 Å². The Morgan fingerprint density at radius 1 is 1.03 bits per heavy atom. The van der Waals surface area contributed by atoms with Gasteiger partial charge in [0.2, 0.25) is 5.91 Å². The highest BCUT2D eigenvalue weighted by Crippen LogP contribution is 2.35. The van der Waals surface area contributed by atoms with Crippen LogP contribution in [0.25, 0.3) is 10.8 Å². The lowest BCUT2D eigenvalue weighted by molar-refractivity contribution is -0.124. The first-order chi connectivity index (χ1) is 14.1. The van der Waals surface area contributed by atoms with Gasteiger partial charge >= 0.3 is 6.03 Å². The van der Waals surface area contributed by atoms with Crippen molar-refractivity contribution in [1.29, 1.82) is 0 Å². The van der Waals surface area contributed by atoms with Crippen LogP contribution in [0, 0.1) is 5.92 Å². The van der Waals surface area contributed by atoms with Crippen LogP contribution in [-0.2, 0) is 4.79 Å². The van der Waals surface area contributed by atoms with Crippen molar-refractivity contribution in [2.24, 2.45) is 5.92 Å². The molecule has 2 saturated heterocycles. The van der Waals surface area contributed by atoms with Crippen molar-refractivity contribution < 1.29 is 9.59 Å². The number of hydrogen-bond donors (Lipinski definition) is 2. The molecule has 3 amide bonds. The molecular weight excluding hydrogens is 388 g/mol. The normalized spacial score (nSPS) is 24.3. The van der Waals surface area contributed by atoms with Gasteiger partial charge in [-0.15, -0.1) is 0 Å². The number of anilines is 1. The summed E-state index contributed by atoms with van der Waals surface area (Å²) in [5, 5.41) is 8.85. The van der Waals surface area contributed by atoms with Gasteiger partial charge < -0.3 is 10.6 Å². The van der Waals surface area contributed by atoms with Gasteiger partial charge in [-0.25, -0.2) is 9.69 Å². The van der Waals surface area contributed by atoms with Gasteiger partial charge in [0.1, 0.15) is 0 Å². The van der Waals surface area contributed by atoms with Crippen molar-refractivity contribution in [1.82, 2.24) is 15.6 Å². The fraction of sp³-hybridized carbons (Fsp3) is 0.227. The van der Waals surface area contributed by atoms with Crippen LogP contribution in [0.5, 0.6) is 0 Å². The van der Waals surface area contributed by atoms with Gasteiger partial charge in [-0.1, -0.05) is 54.1 Å². The molecule has 1 aromatic heterocycles. The number of carbonyl (C=O) groups is 2. The predicted molar refractivity (Wildman–Crippen MR) is 112 cm³/mol. The van der Waals surface area contributed by atoms with Gasteiger partial charge in [-0.3, -0.25) is 9.78 Å². The molecule has 0 radical (unpaired) electrons. The Hall–Kier alpha value is -2.96. The summed E-state index contributed by atoms with van der Waals surface area (Å²) in [6, 6.07) is 14.6. The minimum Gasteiger partial charge on any atom is -0.334 e. The monoisotopic (exact) mass is 406 g/mol. The third-order valence-electron chi connectivity index (χ3n) is 5.78. The molecule has 2 aromatic carbocycles. The first-order valence-corrected chi connectivity index (χ1v) is 9.96. The zero-order chi connectivity index (χ0) is 20.0. The largest absolute Gasteiger partial charge is 0.334 e. The number of hydrogen-bond acceptors (Lipinski definition) is 4. The molecule has 5 rings (SSSR count). The molecule has 3 atom stereocenters. The van der Waals surface area contributed by atoms with E-state index in [-0.39, 0.29) is 23.9 Å². The number of urea groups is 1. The highest BCUT2D eigenvalue weighted by Gasteiger charge is 2.45. The third kappa shape index (κ3) is 3.05. The number of imide groups is 1. The van der Waals surface area contributed by atoms with E-state index in [0.717, 1.165) is 16.3 Å². The number of pyridine rings is 1. The van der Waals surface area contributed by atoms with Crippen LogP contribution in [0.1, 0.15) is 18.0 Å². The van der Waals surface area contributed by atoms with Crippen LogP contribution in [0.4, 0.5) is 10.5 Å². The first kappa shape index (κ1) is 18.1. The van der Waals surface area contributed by atoms with Gasteiger partial charge in [0.15, 0.2) is 0 Å². The number of aromatic nitrogens is 1. The fourth-order valence-electron chi connectivity index (χ4n) is 4.32. The highest BCUT2D eigenvalue weighted by molar-refractivity contribution is 6.31. The van der Waals surface area contributed by atoms with Crippen molar-refractivity contribution in [3.63, 3.8) is 0 Å². The van der Waals surface area contributed by atoms with Crippen LogP contribution >= 0.6 is 11.6 Å². The Bertz CT molecular complexity index is 1110. The lowest BCUT2D eigenvalue weighted by atomic mass is 9.84. The highest BCUT2D eigenvalue weighted by atomic mass is 35.5. The predicted octanol–water partition coefficient (Wildman–Crippen LogP) is 3.66. The Kier molecular flexibility index (Phi) is 4.45. The van der Waals surface area contributed by atoms with E-state index < -0.39 is 6.03 Å². The molecule has 3 heterocycles. The minimum atomic E-state index is -0.408. The molecule has 3 unspecified atom stereocenters. The molecule has 2 aliphatic rings. The van der Waals surface area contributed by atoms with Gasteiger partial charge in [-0.05, 0) is 18.1 Å². The number of fused-ring (bicyclic) bond motifs is 2. The maximum Gasteiger partial charge on any atom is 0.329 e. The zero-order valence-electron chi connectivity index (χ0n) is 15.5. The Balaban J connectivity index is 1.45. The maximum absolute atomic E-state index is 13.3. The molecule has 6 nitrogen and oxygen atoms in total. The number of carbonyl (C=O) groups excluding carboxylic acids is 2. The van der Waals surface area contributed by atoms with Crippen molar-refractivity contribution in [2.45, 2.75) is 18.5 Å². The van der Waals surface area contributed by atoms with E-state index in [1.165, 1.54) is 4.90 Å². The molecule has 0 bridgehead atoms. The van der Waals surface area contributed by atoms with E-state index in [0.29, 0.717) is 23.7 Å². The van der Waals surface area contributed by atoms with Crippen molar-refractivity contribution in [3.05, 3.63) is 71.5 Å². The molecule has 3 aromatic rings. The van der Waals surface area contributed by atoms with Crippen LogP contribution in [0.2, 0.25) is 5.02 Å². The number of piperidine rings is 1. The molecule has 2 aliphatic heterocycles. The van der Waals surface area contributed by atoms with E-state index in [1.54, 1.807) is 12.4 Å². The van der Waals surface area contributed by atoms with Gasteiger partial charge in [0.05, 0.1) is 17.8 Å². The molecule has 2 N–H and O–H groups in total. The van der Waals surface area contributed by atoms with Gasteiger partial charge in [-0.2, -0.15) is 0 Å². The Morgan fingerprint density at radius 3 is 2.69 bits per heavy atom. The number of benzene rings is 2. The standard InChI is InChI=1S/C22H19ClN4O2/c23-17-8-4-3-7-15(17)18-9-19-16(11-25-18)21(28)27(22(29)26-19)20-12-24-10-13-5-1-2-6-14(13)20/h1-8,10,12,16,18-19,25H,9,11H2,(H,26,29). The molecule has 29 heavy (non-hydrogen) atoms. The second-order valence-corrected chi connectivity index (χ2v) is 7.84. The summed E-state index contributed by atoms with van der Waals surface area (Å²) in [6.07, 6.45) is 3.90. The second kappa shape index (κ2) is 7.13. The van der Waals surface area contributed by atoms with E-state index in [2.05, 4.69) is 15.6 Å². The fourth-order valence-corrected chi connectivity index (χ4v) is 4.59. The van der Waals surface area contributed by atoms with Crippen molar-refractivity contribution in [2.75, 3.05) is 11.4 Å². The van der Waals surface area contributed by atoms with E-state index >= 15 is 0 Å². The lowest BCUT2D eigenvalue weighted by Crippen LogP contribution is -2.65. The van der Waals surface area contributed by atoms with Gasteiger partial charge in [0.25, 0.3) is 0 Å². The second-order valence-electron chi connectivity index (χ2n) is 7.43. The first-order valence-electron chi connectivity index (χ1n) is 9.58. The Labute approximate surface area is 172 Å². The summed E-state index contributed by atoms with van der Waals surface area (Å²) in [7, 11) is 0. The number of nitrogens with zero attached hydrogens (tertiary/aromatic N) is 2. The lowest BCUT2D eigenvalue weighted by Gasteiger charge is -2.43. The average molecular weight is 407 g/mol. The molecular formula is C22H19ClN4O2. The van der Waals surface area contributed by atoms with E-state index in [4.69, 9.17) is 11.6 Å². The molecule has 7 heteroatoms. The zero-order valence-corrected chi connectivity index (χ0v) is 16.3. The van der Waals surface area contributed by atoms with E-state index in [1.807, 2.05) is 48.5 Å². The topological polar surface area (TPSA) is 74.3 Å².